The largest absolute Gasteiger partial charge is 0.449 e. The van der Waals surface area contributed by atoms with Crippen LogP contribution in [0.1, 0.15) is 17.3 Å². The lowest BCUT2D eigenvalue weighted by atomic mass is 10.2. The highest BCUT2D eigenvalue weighted by atomic mass is 16.5. The second-order valence-corrected chi connectivity index (χ2v) is 4.38. The van der Waals surface area contributed by atoms with Crippen LogP contribution in [0.3, 0.4) is 0 Å². The van der Waals surface area contributed by atoms with Crippen LogP contribution in [0.4, 0.5) is 4.79 Å². The van der Waals surface area contributed by atoms with Gasteiger partial charge in [-0.2, -0.15) is 0 Å². The van der Waals surface area contributed by atoms with Crippen LogP contribution in [-0.4, -0.2) is 41.0 Å². The average Bonchev–Trinajstić information content (AvgIpc) is 2.53. The number of ether oxygens (including phenoxy) is 1. The Morgan fingerprint density at radius 3 is 2.50 bits per heavy atom. The quantitative estimate of drug-likeness (QED) is 0.805. The smallest absolute Gasteiger partial charge is 0.338 e. The molecule has 0 bridgehead atoms. The molecule has 0 spiro atoms. The van der Waals surface area contributed by atoms with Gasteiger partial charge in [-0.3, -0.25) is 20.1 Å². The molecule has 0 fully saturated rings. The van der Waals surface area contributed by atoms with Crippen molar-refractivity contribution in [3.63, 3.8) is 0 Å². The predicted octanol–water partition coefficient (Wildman–Crippen LogP) is 0.631. The van der Waals surface area contributed by atoms with Crippen molar-refractivity contribution in [2.75, 3.05) is 7.05 Å². The van der Waals surface area contributed by atoms with Crippen LogP contribution in [0.2, 0.25) is 0 Å². The minimum absolute atomic E-state index is 0.243. The topological polar surface area (TPSA) is 110 Å². The first kappa shape index (κ1) is 15.4. The van der Waals surface area contributed by atoms with Crippen molar-refractivity contribution in [1.82, 2.24) is 20.6 Å². The number of fused-ring (bicyclic) bond motifs is 1. The highest BCUT2D eigenvalue weighted by Gasteiger charge is 2.20. The standard InChI is InChI=1S/C14H14N4O4/c1-8(12(19)18-14(21)15-2)22-13(20)9-3-4-10-11(7-9)17-6-5-16-10/h3-8H,1-2H3,(H2,15,18,19,21)/t8-/m0/s1. The van der Waals surface area contributed by atoms with Gasteiger partial charge in [-0.05, 0) is 25.1 Å². The molecule has 8 heteroatoms. The van der Waals surface area contributed by atoms with Gasteiger partial charge in [-0.15, -0.1) is 0 Å². The minimum Gasteiger partial charge on any atom is -0.449 e. The van der Waals surface area contributed by atoms with Crippen molar-refractivity contribution in [3.05, 3.63) is 36.2 Å². The Labute approximate surface area is 125 Å². The normalized spacial score (nSPS) is 11.5. The Kier molecular flexibility index (Phi) is 4.62. The Hall–Kier alpha value is -3.03. The van der Waals surface area contributed by atoms with E-state index in [-0.39, 0.29) is 5.56 Å². The fraction of sp³-hybridized carbons (Fsp3) is 0.214. The molecule has 2 aromatic rings. The van der Waals surface area contributed by atoms with Gasteiger partial charge in [0, 0.05) is 19.4 Å². The second kappa shape index (κ2) is 6.61. The van der Waals surface area contributed by atoms with Crippen molar-refractivity contribution in [1.29, 1.82) is 0 Å². The van der Waals surface area contributed by atoms with Gasteiger partial charge in [0.2, 0.25) is 0 Å². The Morgan fingerprint density at radius 1 is 1.14 bits per heavy atom. The van der Waals surface area contributed by atoms with Gasteiger partial charge in [0.25, 0.3) is 5.91 Å². The zero-order valence-electron chi connectivity index (χ0n) is 12.0. The number of carbonyl (C=O) groups excluding carboxylic acids is 3. The molecule has 114 valence electrons. The molecule has 22 heavy (non-hydrogen) atoms. The predicted molar refractivity (Wildman–Crippen MR) is 77.0 cm³/mol. The first-order chi connectivity index (χ1) is 10.5. The van der Waals surface area contributed by atoms with Crippen molar-refractivity contribution < 1.29 is 19.1 Å². The third-order valence-electron chi connectivity index (χ3n) is 2.82. The van der Waals surface area contributed by atoms with Gasteiger partial charge in [0.1, 0.15) is 0 Å². The van der Waals surface area contributed by atoms with Gasteiger partial charge in [0.05, 0.1) is 16.6 Å². The average molecular weight is 302 g/mol. The number of benzene rings is 1. The van der Waals surface area contributed by atoms with Gasteiger partial charge < -0.3 is 10.1 Å². The molecular weight excluding hydrogens is 288 g/mol. The SMILES string of the molecule is CNC(=O)NC(=O)[C@H](C)OC(=O)c1ccc2nccnc2c1. The summed E-state index contributed by atoms with van der Waals surface area (Å²) < 4.78 is 5.01. The molecule has 8 nitrogen and oxygen atoms in total. The maximum Gasteiger partial charge on any atom is 0.338 e. The molecule has 0 aliphatic heterocycles. The summed E-state index contributed by atoms with van der Waals surface area (Å²) in [6, 6.07) is 4.01. The number of nitrogens with zero attached hydrogens (tertiary/aromatic N) is 2. The molecule has 0 unspecified atom stereocenters. The summed E-state index contributed by atoms with van der Waals surface area (Å²) in [5.74, 6) is -1.40. The number of rotatable bonds is 3. The van der Waals surface area contributed by atoms with E-state index in [2.05, 4.69) is 15.3 Å². The van der Waals surface area contributed by atoms with E-state index in [9.17, 15) is 14.4 Å². The molecule has 1 heterocycles. The molecular formula is C14H14N4O4. The Bertz CT molecular complexity index is 732. The van der Waals surface area contributed by atoms with Crippen LogP contribution < -0.4 is 10.6 Å². The lowest BCUT2D eigenvalue weighted by Gasteiger charge is -2.12. The van der Waals surface area contributed by atoms with E-state index in [0.717, 1.165) is 0 Å². The number of imide groups is 1. The fourth-order valence-corrected chi connectivity index (χ4v) is 1.65. The summed E-state index contributed by atoms with van der Waals surface area (Å²) in [6.07, 6.45) is 1.95. The summed E-state index contributed by atoms with van der Waals surface area (Å²) in [4.78, 5) is 42.8. The first-order valence-corrected chi connectivity index (χ1v) is 6.45. The highest BCUT2D eigenvalue weighted by Crippen LogP contribution is 2.12. The number of esters is 1. The third kappa shape index (κ3) is 3.54. The summed E-state index contributed by atoms with van der Waals surface area (Å²) in [5, 5.41) is 4.26. The highest BCUT2D eigenvalue weighted by molar-refractivity contribution is 5.99. The number of carbonyl (C=O) groups is 3. The van der Waals surface area contributed by atoms with Gasteiger partial charge in [-0.25, -0.2) is 9.59 Å². The molecule has 0 aliphatic carbocycles. The van der Waals surface area contributed by atoms with E-state index < -0.39 is 24.0 Å². The fourth-order valence-electron chi connectivity index (χ4n) is 1.65. The summed E-state index contributed by atoms with van der Waals surface area (Å²) in [5.41, 5.74) is 1.43. The van der Waals surface area contributed by atoms with Gasteiger partial charge in [-0.1, -0.05) is 0 Å². The number of nitrogens with one attached hydrogen (secondary N) is 2. The molecule has 0 saturated heterocycles. The maximum absolute atomic E-state index is 12.0. The van der Waals surface area contributed by atoms with Crippen LogP contribution in [0, 0.1) is 0 Å². The molecule has 1 atom stereocenters. The number of hydrogen-bond donors (Lipinski definition) is 2. The van der Waals surface area contributed by atoms with Crippen LogP contribution in [-0.2, 0) is 9.53 Å². The number of amides is 3. The molecule has 0 saturated carbocycles. The van der Waals surface area contributed by atoms with E-state index in [4.69, 9.17) is 4.74 Å². The summed E-state index contributed by atoms with van der Waals surface area (Å²) in [6.45, 7) is 1.37. The molecule has 3 amide bonds. The molecule has 0 radical (unpaired) electrons. The van der Waals surface area contributed by atoms with Crippen molar-refractivity contribution in [2.24, 2.45) is 0 Å². The van der Waals surface area contributed by atoms with Crippen molar-refractivity contribution in [2.45, 2.75) is 13.0 Å². The van der Waals surface area contributed by atoms with E-state index in [1.807, 2.05) is 5.32 Å². The maximum atomic E-state index is 12.0. The minimum atomic E-state index is -1.11. The Morgan fingerprint density at radius 2 is 1.82 bits per heavy atom. The van der Waals surface area contributed by atoms with Crippen LogP contribution in [0.15, 0.2) is 30.6 Å². The van der Waals surface area contributed by atoms with Gasteiger partial charge in [0.15, 0.2) is 6.10 Å². The summed E-state index contributed by atoms with van der Waals surface area (Å²) >= 11 is 0. The van der Waals surface area contributed by atoms with Crippen molar-refractivity contribution in [3.8, 4) is 0 Å². The van der Waals surface area contributed by atoms with Crippen LogP contribution >= 0.6 is 0 Å². The van der Waals surface area contributed by atoms with Gasteiger partial charge >= 0.3 is 12.0 Å². The second-order valence-electron chi connectivity index (χ2n) is 4.38. The lowest BCUT2D eigenvalue weighted by Crippen LogP contribution is -2.43. The van der Waals surface area contributed by atoms with E-state index in [1.54, 1.807) is 12.3 Å². The number of aromatic nitrogens is 2. The number of hydrogen-bond acceptors (Lipinski definition) is 6. The number of urea groups is 1. The zero-order valence-corrected chi connectivity index (χ0v) is 12.0. The lowest BCUT2D eigenvalue weighted by molar-refractivity contribution is -0.127. The summed E-state index contributed by atoms with van der Waals surface area (Å²) in [7, 11) is 1.37. The van der Waals surface area contributed by atoms with Crippen LogP contribution in [0.25, 0.3) is 11.0 Å². The molecule has 2 N–H and O–H groups in total. The monoisotopic (exact) mass is 302 g/mol. The molecule has 1 aromatic heterocycles. The molecule has 1 aromatic carbocycles. The third-order valence-corrected chi connectivity index (χ3v) is 2.82. The van der Waals surface area contributed by atoms with E-state index in [0.29, 0.717) is 11.0 Å². The van der Waals surface area contributed by atoms with Crippen LogP contribution in [0.5, 0.6) is 0 Å². The zero-order chi connectivity index (χ0) is 16.1. The van der Waals surface area contributed by atoms with E-state index >= 15 is 0 Å². The molecule has 2 rings (SSSR count). The first-order valence-electron chi connectivity index (χ1n) is 6.45. The Balaban J connectivity index is 2.07. The molecule has 0 aliphatic rings. The van der Waals surface area contributed by atoms with Crippen molar-refractivity contribution >= 4 is 28.9 Å². The van der Waals surface area contributed by atoms with E-state index in [1.165, 1.54) is 32.3 Å².